The van der Waals surface area contributed by atoms with Crippen molar-refractivity contribution in [1.82, 2.24) is 10.4 Å². The number of anilines is 1. The first-order valence-electron chi connectivity index (χ1n) is 6.65. The molecule has 0 fully saturated rings. The molecule has 1 aromatic heterocycles. The maximum absolute atomic E-state index is 6.04. The predicted molar refractivity (Wildman–Crippen MR) is 81.2 cm³/mol. The van der Waals surface area contributed by atoms with Crippen LogP contribution in [0.25, 0.3) is 0 Å². The van der Waals surface area contributed by atoms with E-state index < -0.39 is 0 Å². The largest absolute Gasteiger partial charge is 0.383 e. The molecule has 0 radical (unpaired) electrons. The second-order valence-corrected chi connectivity index (χ2v) is 5.55. The number of nitrogens with zero attached hydrogens (tertiary/aromatic N) is 1. The van der Waals surface area contributed by atoms with E-state index in [-0.39, 0.29) is 6.04 Å². The quantitative estimate of drug-likeness (QED) is 0.599. The van der Waals surface area contributed by atoms with Crippen LogP contribution < -0.4 is 17.0 Å². The summed E-state index contributed by atoms with van der Waals surface area (Å²) in [6.07, 6.45) is 3.66. The van der Waals surface area contributed by atoms with Crippen molar-refractivity contribution in [2.45, 2.75) is 24.8 Å². The van der Waals surface area contributed by atoms with E-state index in [1.807, 2.05) is 6.07 Å². The third-order valence-electron chi connectivity index (χ3n) is 4.01. The van der Waals surface area contributed by atoms with E-state index in [0.29, 0.717) is 16.8 Å². The molecule has 2 atom stereocenters. The van der Waals surface area contributed by atoms with Gasteiger partial charge in [0.25, 0.3) is 0 Å². The van der Waals surface area contributed by atoms with Crippen LogP contribution >= 0.6 is 11.6 Å². The highest BCUT2D eigenvalue weighted by Gasteiger charge is 2.31. The number of fused-ring (bicyclic) bond motifs is 1. The third kappa shape index (κ3) is 2.26. The summed E-state index contributed by atoms with van der Waals surface area (Å²) in [7, 11) is 0. The Morgan fingerprint density at radius 1 is 1.35 bits per heavy atom. The molecule has 1 aliphatic carbocycles. The zero-order chi connectivity index (χ0) is 14.1. The van der Waals surface area contributed by atoms with E-state index in [9.17, 15) is 0 Å². The van der Waals surface area contributed by atoms with Crippen LogP contribution in [0.3, 0.4) is 0 Å². The first-order chi connectivity index (χ1) is 9.70. The first kappa shape index (κ1) is 13.4. The summed E-state index contributed by atoms with van der Waals surface area (Å²) in [6.45, 7) is 0. The van der Waals surface area contributed by atoms with Crippen LogP contribution in [-0.2, 0) is 6.42 Å². The maximum atomic E-state index is 6.04. The number of hydrogen-bond donors (Lipinski definition) is 3. The Balaban J connectivity index is 2.01. The van der Waals surface area contributed by atoms with Crippen LogP contribution in [0.1, 0.15) is 35.1 Å². The van der Waals surface area contributed by atoms with Gasteiger partial charge in [0.2, 0.25) is 0 Å². The Morgan fingerprint density at radius 3 is 2.95 bits per heavy atom. The molecule has 1 heterocycles. The highest BCUT2D eigenvalue weighted by Crippen LogP contribution is 2.42. The Morgan fingerprint density at radius 2 is 2.15 bits per heavy atom. The first-order valence-corrected chi connectivity index (χ1v) is 7.03. The molecule has 1 aliphatic rings. The summed E-state index contributed by atoms with van der Waals surface area (Å²) >= 11 is 6.04. The van der Waals surface area contributed by atoms with Crippen LogP contribution in [0.2, 0.25) is 5.02 Å². The smallest absolute Gasteiger partial charge is 0.128 e. The van der Waals surface area contributed by atoms with E-state index >= 15 is 0 Å². The fourth-order valence-corrected chi connectivity index (χ4v) is 3.24. The third-order valence-corrected chi connectivity index (χ3v) is 4.22. The minimum absolute atomic E-state index is 0.0788. The molecule has 2 unspecified atom stereocenters. The Labute approximate surface area is 123 Å². The van der Waals surface area contributed by atoms with Gasteiger partial charge in [-0.25, -0.2) is 4.98 Å². The van der Waals surface area contributed by atoms with Crippen LogP contribution in [0.4, 0.5) is 5.82 Å². The lowest BCUT2D eigenvalue weighted by Gasteiger charge is -2.25. The van der Waals surface area contributed by atoms with Gasteiger partial charge >= 0.3 is 0 Å². The molecular formula is C15H17ClN4. The minimum Gasteiger partial charge on any atom is -0.383 e. The van der Waals surface area contributed by atoms with Gasteiger partial charge in [-0.05, 0) is 30.0 Å². The molecular weight excluding hydrogens is 272 g/mol. The zero-order valence-electron chi connectivity index (χ0n) is 11.0. The van der Waals surface area contributed by atoms with Gasteiger partial charge in [0.1, 0.15) is 5.82 Å². The monoisotopic (exact) mass is 288 g/mol. The number of aryl methyl sites for hydroxylation is 1. The summed E-state index contributed by atoms with van der Waals surface area (Å²) in [5, 5.41) is 0.570. The van der Waals surface area contributed by atoms with Crippen molar-refractivity contribution in [3.8, 4) is 0 Å². The summed E-state index contributed by atoms with van der Waals surface area (Å²) < 4.78 is 0. The molecule has 0 saturated carbocycles. The van der Waals surface area contributed by atoms with Gasteiger partial charge in [0.15, 0.2) is 0 Å². The van der Waals surface area contributed by atoms with Gasteiger partial charge in [0.05, 0.1) is 11.1 Å². The van der Waals surface area contributed by atoms with Gasteiger partial charge < -0.3 is 5.73 Å². The minimum atomic E-state index is -0.0788. The lowest BCUT2D eigenvalue weighted by Crippen LogP contribution is -2.32. The number of benzene rings is 1. The van der Waals surface area contributed by atoms with Gasteiger partial charge in [-0.1, -0.05) is 35.9 Å². The molecule has 0 saturated heterocycles. The zero-order valence-corrected chi connectivity index (χ0v) is 11.8. The van der Waals surface area contributed by atoms with E-state index in [1.165, 1.54) is 11.1 Å². The van der Waals surface area contributed by atoms with Crippen LogP contribution in [0.15, 0.2) is 36.5 Å². The maximum Gasteiger partial charge on any atom is 0.128 e. The fourth-order valence-electron chi connectivity index (χ4n) is 3.07. The molecule has 0 bridgehead atoms. The average molecular weight is 289 g/mol. The summed E-state index contributed by atoms with van der Waals surface area (Å²) in [5.41, 5.74) is 12.5. The van der Waals surface area contributed by atoms with E-state index in [4.69, 9.17) is 23.2 Å². The van der Waals surface area contributed by atoms with Crippen LogP contribution in [0, 0.1) is 0 Å². The standard InChI is InChI=1S/C15H17ClN4/c16-10-7-13(15(17)19-8-10)14(20-18)12-6-5-9-3-1-2-4-11(9)12/h1-4,7-8,12,14,20H,5-6,18H2,(H2,17,19). The second kappa shape index (κ2) is 5.40. The molecule has 3 rings (SSSR count). The molecule has 20 heavy (non-hydrogen) atoms. The van der Waals surface area contributed by atoms with Crippen molar-refractivity contribution in [2.75, 3.05) is 5.73 Å². The van der Waals surface area contributed by atoms with Crippen molar-refractivity contribution >= 4 is 17.4 Å². The number of hydrogen-bond acceptors (Lipinski definition) is 4. The van der Waals surface area contributed by atoms with Crippen molar-refractivity contribution in [3.05, 3.63) is 58.2 Å². The highest BCUT2D eigenvalue weighted by atomic mass is 35.5. The molecule has 1 aromatic carbocycles. The number of nitrogens with one attached hydrogen (secondary N) is 1. The normalized spacial score (nSPS) is 18.8. The number of nitrogens with two attached hydrogens (primary N) is 2. The van der Waals surface area contributed by atoms with Gasteiger partial charge in [-0.2, -0.15) is 0 Å². The van der Waals surface area contributed by atoms with Crippen molar-refractivity contribution in [3.63, 3.8) is 0 Å². The SMILES string of the molecule is NNC(c1cc(Cl)cnc1N)C1CCc2ccccc21. The molecule has 5 heteroatoms. The van der Waals surface area contributed by atoms with E-state index in [1.54, 1.807) is 6.20 Å². The molecule has 0 spiro atoms. The van der Waals surface area contributed by atoms with Crippen molar-refractivity contribution in [2.24, 2.45) is 5.84 Å². The number of hydrazine groups is 1. The molecule has 0 aliphatic heterocycles. The summed E-state index contributed by atoms with van der Waals surface area (Å²) in [4.78, 5) is 4.13. The van der Waals surface area contributed by atoms with E-state index in [0.717, 1.165) is 18.4 Å². The number of nitrogen functional groups attached to an aromatic ring is 1. The summed E-state index contributed by atoms with van der Waals surface area (Å²) in [5.74, 6) is 6.55. The van der Waals surface area contributed by atoms with Crippen molar-refractivity contribution < 1.29 is 0 Å². The Kier molecular flexibility index (Phi) is 3.61. The number of rotatable bonds is 3. The number of aromatic nitrogens is 1. The topological polar surface area (TPSA) is 77.0 Å². The van der Waals surface area contributed by atoms with E-state index in [2.05, 4.69) is 34.7 Å². The Hall–Kier alpha value is -1.62. The number of halogens is 1. The average Bonchev–Trinajstić information content (AvgIpc) is 2.88. The van der Waals surface area contributed by atoms with Gasteiger partial charge in [-0.3, -0.25) is 11.3 Å². The van der Waals surface area contributed by atoms with Crippen LogP contribution in [-0.4, -0.2) is 4.98 Å². The molecule has 4 nitrogen and oxygen atoms in total. The van der Waals surface area contributed by atoms with Crippen LogP contribution in [0.5, 0.6) is 0 Å². The Bertz CT molecular complexity index is 629. The second-order valence-electron chi connectivity index (χ2n) is 5.12. The highest BCUT2D eigenvalue weighted by molar-refractivity contribution is 6.30. The molecule has 104 valence electrons. The van der Waals surface area contributed by atoms with Gasteiger partial charge in [-0.15, -0.1) is 0 Å². The predicted octanol–water partition coefficient (Wildman–Crippen LogP) is 2.55. The molecule has 2 aromatic rings. The fraction of sp³-hybridized carbons (Fsp3) is 0.267. The number of pyridine rings is 1. The lowest BCUT2D eigenvalue weighted by molar-refractivity contribution is 0.453. The lowest BCUT2D eigenvalue weighted by atomic mass is 9.89. The molecule has 5 N–H and O–H groups in total. The molecule has 0 amide bonds. The van der Waals surface area contributed by atoms with Crippen molar-refractivity contribution in [1.29, 1.82) is 0 Å². The summed E-state index contributed by atoms with van der Waals surface area (Å²) in [6, 6.07) is 10.2. The van der Waals surface area contributed by atoms with Gasteiger partial charge in [0, 0.05) is 17.7 Å².